The summed E-state index contributed by atoms with van der Waals surface area (Å²) in [5.41, 5.74) is 1.31. The molecule has 2 rings (SSSR count). The van der Waals surface area contributed by atoms with Crippen LogP contribution in [0.2, 0.25) is 0 Å². The second kappa shape index (κ2) is 10.6. The maximum Gasteiger partial charge on any atom is 0.236 e. The molecule has 0 saturated carbocycles. The van der Waals surface area contributed by atoms with Gasteiger partial charge < -0.3 is 14.5 Å². The van der Waals surface area contributed by atoms with Crippen molar-refractivity contribution in [2.24, 2.45) is 0 Å². The summed E-state index contributed by atoms with van der Waals surface area (Å²) >= 11 is 3.57. The zero-order valence-electron chi connectivity index (χ0n) is 17.5. The van der Waals surface area contributed by atoms with Crippen LogP contribution in [0.4, 0.5) is 0 Å². The van der Waals surface area contributed by atoms with Gasteiger partial charge in [-0.2, -0.15) is 5.26 Å². The topological polar surface area (TPSA) is 73.6 Å². The molecule has 1 saturated heterocycles. The summed E-state index contributed by atoms with van der Waals surface area (Å²) < 4.78 is 6.76. The van der Waals surface area contributed by atoms with Crippen LogP contribution >= 0.6 is 15.9 Å². The minimum absolute atomic E-state index is 0.0788. The van der Waals surface area contributed by atoms with Crippen LogP contribution in [-0.2, 0) is 15.0 Å². The van der Waals surface area contributed by atoms with Gasteiger partial charge in [-0.15, -0.1) is 0 Å². The Kier molecular flexibility index (Phi) is 8.51. The second-order valence-corrected chi connectivity index (χ2v) is 9.15. The van der Waals surface area contributed by atoms with Crippen LogP contribution in [0.1, 0.15) is 52.0 Å². The molecule has 0 aromatic heterocycles. The molecule has 1 aliphatic heterocycles. The van der Waals surface area contributed by atoms with Crippen LogP contribution in [0, 0.1) is 11.3 Å². The van der Waals surface area contributed by atoms with E-state index in [1.54, 1.807) is 4.90 Å². The Morgan fingerprint density at radius 3 is 2.38 bits per heavy atom. The van der Waals surface area contributed by atoms with E-state index in [9.17, 15) is 9.59 Å². The predicted molar refractivity (Wildman–Crippen MR) is 116 cm³/mol. The number of nitriles is 1. The number of carbonyl (C=O) groups is 2. The summed E-state index contributed by atoms with van der Waals surface area (Å²) in [5.74, 6) is 0.718. The SMILES string of the molecule is CC(C)(C)c1ccc(OCCCC(=O)N2CCCN(C(=O)CC#N)CC2)c(Br)c1. The Labute approximate surface area is 181 Å². The molecule has 1 aromatic carbocycles. The number of nitrogens with zero attached hydrogens (tertiary/aromatic N) is 3. The lowest BCUT2D eigenvalue weighted by Gasteiger charge is -2.22. The average molecular weight is 464 g/mol. The van der Waals surface area contributed by atoms with E-state index >= 15 is 0 Å². The van der Waals surface area contributed by atoms with Crippen molar-refractivity contribution in [3.63, 3.8) is 0 Å². The monoisotopic (exact) mass is 463 g/mol. The summed E-state index contributed by atoms with van der Waals surface area (Å²) in [6, 6.07) is 8.01. The van der Waals surface area contributed by atoms with Gasteiger partial charge in [-0.1, -0.05) is 26.8 Å². The number of amides is 2. The number of carbonyl (C=O) groups excluding carboxylic acids is 2. The molecular formula is C22H30BrN3O3. The number of ether oxygens (including phenoxy) is 1. The average Bonchev–Trinajstić information content (AvgIpc) is 2.92. The van der Waals surface area contributed by atoms with Crippen LogP contribution in [0.3, 0.4) is 0 Å². The summed E-state index contributed by atoms with van der Waals surface area (Å²) in [6.07, 6.45) is 1.70. The molecule has 7 heteroatoms. The first-order valence-corrected chi connectivity index (χ1v) is 10.9. The maximum atomic E-state index is 12.5. The van der Waals surface area contributed by atoms with E-state index in [2.05, 4.69) is 48.8 Å². The molecule has 0 unspecified atom stereocenters. The molecule has 1 aliphatic rings. The number of benzene rings is 1. The van der Waals surface area contributed by atoms with E-state index in [1.807, 2.05) is 17.0 Å². The molecule has 1 fully saturated rings. The fraction of sp³-hybridized carbons (Fsp3) is 0.591. The molecular weight excluding hydrogens is 434 g/mol. The van der Waals surface area contributed by atoms with Crippen molar-refractivity contribution in [2.75, 3.05) is 32.8 Å². The van der Waals surface area contributed by atoms with Gasteiger partial charge >= 0.3 is 0 Å². The Morgan fingerprint density at radius 2 is 1.79 bits per heavy atom. The lowest BCUT2D eigenvalue weighted by Crippen LogP contribution is -2.37. The van der Waals surface area contributed by atoms with Crippen LogP contribution < -0.4 is 4.74 Å². The van der Waals surface area contributed by atoms with E-state index in [4.69, 9.17) is 10.00 Å². The van der Waals surface area contributed by atoms with Gasteiger partial charge in [0, 0.05) is 32.6 Å². The minimum Gasteiger partial charge on any atom is -0.492 e. The molecule has 0 spiro atoms. The van der Waals surface area contributed by atoms with Gasteiger partial charge in [0.1, 0.15) is 12.2 Å². The van der Waals surface area contributed by atoms with E-state index in [0.29, 0.717) is 45.6 Å². The van der Waals surface area contributed by atoms with Crippen LogP contribution in [-0.4, -0.2) is 54.4 Å². The van der Waals surface area contributed by atoms with Gasteiger partial charge in [0.15, 0.2) is 0 Å². The largest absolute Gasteiger partial charge is 0.492 e. The van der Waals surface area contributed by atoms with Crippen molar-refractivity contribution < 1.29 is 14.3 Å². The normalized spacial score (nSPS) is 14.9. The number of halogens is 1. The van der Waals surface area contributed by atoms with Crippen molar-refractivity contribution in [3.05, 3.63) is 28.2 Å². The number of hydrogen-bond acceptors (Lipinski definition) is 4. The first-order valence-electron chi connectivity index (χ1n) is 10.1. The molecule has 2 amide bonds. The Balaban J connectivity index is 1.76. The lowest BCUT2D eigenvalue weighted by molar-refractivity contribution is -0.133. The van der Waals surface area contributed by atoms with Crippen molar-refractivity contribution in [1.29, 1.82) is 5.26 Å². The van der Waals surface area contributed by atoms with E-state index in [1.165, 1.54) is 5.56 Å². The smallest absolute Gasteiger partial charge is 0.236 e. The van der Waals surface area contributed by atoms with Gasteiger partial charge in [0.05, 0.1) is 17.1 Å². The summed E-state index contributed by atoms with van der Waals surface area (Å²) in [4.78, 5) is 27.8. The van der Waals surface area contributed by atoms with Crippen molar-refractivity contribution in [3.8, 4) is 11.8 Å². The molecule has 1 heterocycles. The standard InChI is InChI=1S/C22H30BrN3O3/c1-22(2,3)17-7-8-19(18(23)16-17)29-15-4-6-20(27)25-11-5-12-26(14-13-25)21(28)9-10-24/h7-8,16H,4-6,9,11-15H2,1-3H3. The summed E-state index contributed by atoms with van der Waals surface area (Å²) in [6.45, 7) is 9.25. The second-order valence-electron chi connectivity index (χ2n) is 8.30. The highest BCUT2D eigenvalue weighted by molar-refractivity contribution is 9.10. The number of rotatable bonds is 6. The maximum absolute atomic E-state index is 12.5. The molecule has 0 atom stereocenters. The molecule has 0 aliphatic carbocycles. The quantitative estimate of drug-likeness (QED) is 0.599. The summed E-state index contributed by atoms with van der Waals surface area (Å²) in [7, 11) is 0. The zero-order chi connectivity index (χ0) is 21.4. The lowest BCUT2D eigenvalue weighted by atomic mass is 9.87. The molecule has 29 heavy (non-hydrogen) atoms. The van der Waals surface area contributed by atoms with Crippen molar-refractivity contribution in [2.45, 2.75) is 51.9 Å². The van der Waals surface area contributed by atoms with Gasteiger partial charge in [-0.05, 0) is 51.9 Å². The molecule has 158 valence electrons. The van der Waals surface area contributed by atoms with Crippen molar-refractivity contribution in [1.82, 2.24) is 9.80 Å². The fourth-order valence-corrected chi connectivity index (χ4v) is 3.74. The molecule has 6 nitrogen and oxygen atoms in total. The van der Waals surface area contributed by atoms with Gasteiger partial charge in [0.2, 0.25) is 11.8 Å². The van der Waals surface area contributed by atoms with Crippen LogP contribution in [0.15, 0.2) is 22.7 Å². The van der Waals surface area contributed by atoms with Crippen LogP contribution in [0.25, 0.3) is 0 Å². The molecule has 0 N–H and O–H groups in total. The molecule has 0 bridgehead atoms. The first kappa shape index (κ1) is 23.2. The van der Waals surface area contributed by atoms with Crippen molar-refractivity contribution >= 4 is 27.7 Å². The van der Waals surface area contributed by atoms with Gasteiger partial charge in [-0.25, -0.2) is 0 Å². The van der Waals surface area contributed by atoms with E-state index in [0.717, 1.165) is 16.6 Å². The summed E-state index contributed by atoms with van der Waals surface area (Å²) in [5, 5.41) is 8.67. The Bertz CT molecular complexity index is 768. The molecule has 1 aromatic rings. The first-order chi connectivity index (χ1) is 13.7. The fourth-order valence-electron chi connectivity index (χ4n) is 3.24. The highest BCUT2D eigenvalue weighted by Crippen LogP contribution is 2.31. The van der Waals surface area contributed by atoms with E-state index < -0.39 is 0 Å². The van der Waals surface area contributed by atoms with Crippen LogP contribution in [0.5, 0.6) is 5.75 Å². The third-order valence-corrected chi connectivity index (χ3v) is 5.64. The third kappa shape index (κ3) is 7.04. The highest BCUT2D eigenvalue weighted by atomic mass is 79.9. The minimum atomic E-state index is -0.154. The predicted octanol–water partition coefficient (Wildman–Crippen LogP) is 3.88. The van der Waals surface area contributed by atoms with E-state index in [-0.39, 0.29) is 23.7 Å². The zero-order valence-corrected chi connectivity index (χ0v) is 19.1. The number of hydrogen-bond donors (Lipinski definition) is 0. The molecule has 0 radical (unpaired) electrons. The Morgan fingerprint density at radius 1 is 1.14 bits per heavy atom. The van der Waals surface area contributed by atoms with Gasteiger partial charge in [-0.3, -0.25) is 9.59 Å². The highest BCUT2D eigenvalue weighted by Gasteiger charge is 2.21. The Hall–Kier alpha value is -2.07. The van der Waals surface area contributed by atoms with Gasteiger partial charge in [0.25, 0.3) is 0 Å². The third-order valence-electron chi connectivity index (χ3n) is 5.02.